The van der Waals surface area contributed by atoms with Gasteiger partial charge in [-0.1, -0.05) is 6.92 Å². The van der Waals surface area contributed by atoms with Gasteiger partial charge in [0.2, 0.25) is 0 Å². The predicted molar refractivity (Wildman–Crippen MR) is 66.2 cm³/mol. The van der Waals surface area contributed by atoms with Crippen molar-refractivity contribution < 1.29 is 23.2 Å². The number of rotatable bonds is 6. The second kappa shape index (κ2) is 6.50. The molecule has 104 valence electrons. The first kappa shape index (κ1) is 16.2. The Morgan fingerprint density at radius 3 is 2.67 bits per heavy atom. The SMILES string of the molecule is [B]C1OC(CC(C)OP(=O)([O-])OC)C(C)C1NC. The van der Waals surface area contributed by atoms with Crippen molar-refractivity contribution >= 4 is 15.7 Å². The Morgan fingerprint density at radius 1 is 1.61 bits per heavy atom. The van der Waals surface area contributed by atoms with Crippen LogP contribution in [0.4, 0.5) is 0 Å². The summed E-state index contributed by atoms with van der Waals surface area (Å²) in [7, 11) is 4.53. The van der Waals surface area contributed by atoms with Gasteiger partial charge in [0.25, 0.3) is 7.82 Å². The molecule has 1 rings (SSSR count). The molecule has 0 aromatic carbocycles. The van der Waals surface area contributed by atoms with E-state index in [-0.39, 0.29) is 24.1 Å². The highest BCUT2D eigenvalue weighted by Crippen LogP contribution is 2.40. The van der Waals surface area contributed by atoms with Crippen LogP contribution in [0.2, 0.25) is 0 Å². The maximum absolute atomic E-state index is 11.2. The summed E-state index contributed by atoms with van der Waals surface area (Å²) in [5.74, 6) is 0.185. The molecule has 6 nitrogen and oxygen atoms in total. The molecule has 1 fully saturated rings. The van der Waals surface area contributed by atoms with E-state index < -0.39 is 13.9 Å². The minimum absolute atomic E-state index is 0.0590. The molecule has 6 atom stereocenters. The molecular formula is C10H20BNO5P-. The van der Waals surface area contributed by atoms with Crippen molar-refractivity contribution in [2.75, 3.05) is 14.2 Å². The number of nitrogens with one attached hydrogen (secondary N) is 1. The Bertz CT molecular complexity index is 319. The van der Waals surface area contributed by atoms with E-state index >= 15 is 0 Å². The van der Waals surface area contributed by atoms with Crippen LogP contribution in [0.5, 0.6) is 0 Å². The molecule has 18 heavy (non-hydrogen) atoms. The summed E-state index contributed by atoms with van der Waals surface area (Å²) in [5, 5.41) is 3.09. The molecule has 0 saturated carbocycles. The molecule has 1 saturated heterocycles. The second-order valence-corrected chi connectivity index (χ2v) is 6.06. The normalized spacial score (nSPS) is 37.4. The summed E-state index contributed by atoms with van der Waals surface area (Å²) < 4.78 is 25.9. The minimum Gasteiger partial charge on any atom is -0.756 e. The third kappa shape index (κ3) is 4.05. The summed E-state index contributed by atoms with van der Waals surface area (Å²) in [6.45, 7) is 3.68. The first-order valence-corrected chi connectivity index (χ1v) is 7.40. The average molecular weight is 276 g/mol. The smallest absolute Gasteiger partial charge is 0.267 e. The van der Waals surface area contributed by atoms with Gasteiger partial charge in [0.1, 0.15) is 7.85 Å². The van der Waals surface area contributed by atoms with Crippen LogP contribution < -0.4 is 10.2 Å². The molecule has 0 aliphatic carbocycles. The second-order valence-electron chi connectivity index (χ2n) is 4.59. The highest BCUT2D eigenvalue weighted by Gasteiger charge is 2.38. The van der Waals surface area contributed by atoms with Crippen LogP contribution in [0, 0.1) is 5.92 Å². The maximum Gasteiger partial charge on any atom is 0.267 e. The fraction of sp³-hybridized carbons (Fsp3) is 1.00. The van der Waals surface area contributed by atoms with Gasteiger partial charge in [0.05, 0.1) is 12.2 Å². The molecule has 0 amide bonds. The van der Waals surface area contributed by atoms with E-state index in [4.69, 9.17) is 17.1 Å². The van der Waals surface area contributed by atoms with E-state index in [1.807, 2.05) is 14.0 Å². The summed E-state index contributed by atoms with van der Waals surface area (Å²) in [4.78, 5) is 11.2. The van der Waals surface area contributed by atoms with E-state index in [1.165, 1.54) is 0 Å². The van der Waals surface area contributed by atoms with Crippen molar-refractivity contribution in [2.45, 2.75) is 44.5 Å². The molecule has 2 radical (unpaired) electrons. The maximum atomic E-state index is 11.2. The highest BCUT2D eigenvalue weighted by atomic mass is 31.2. The van der Waals surface area contributed by atoms with Gasteiger partial charge in [-0.15, -0.1) is 0 Å². The summed E-state index contributed by atoms with van der Waals surface area (Å²) in [6, 6.07) is -0.327. The van der Waals surface area contributed by atoms with Gasteiger partial charge >= 0.3 is 0 Å². The molecule has 1 N–H and O–H groups in total. The molecule has 0 aromatic rings. The van der Waals surface area contributed by atoms with E-state index in [1.54, 1.807) is 6.92 Å². The Balaban J connectivity index is 2.51. The fourth-order valence-electron chi connectivity index (χ4n) is 2.27. The van der Waals surface area contributed by atoms with Gasteiger partial charge in [0, 0.05) is 25.6 Å². The van der Waals surface area contributed by atoms with Gasteiger partial charge in [-0.3, -0.25) is 4.57 Å². The number of hydrogen-bond donors (Lipinski definition) is 1. The zero-order valence-corrected chi connectivity index (χ0v) is 12.1. The van der Waals surface area contributed by atoms with Gasteiger partial charge in [-0.05, 0) is 19.9 Å². The average Bonchev–Trinajstić information content (AvgIpc) is 2.53. The van der Waals surface area contributed by atoms with Crippen molar-refractivity contribution in [2.24, 2.45) is 5.92 Å². The molecule has 0 bridgehead atoms. The molecule has 1 heterocycles. The van der Waals surface area contributed by atoms with Gasteiger partial charge in [-0.25, -0.2) is 0 Å². The van der Waals surface area contributed by atoms with Crippen molar-refractivity contribution in [3.05, 3.63) is 0 Å². The van der Waals surface area contributed by atoms with Crippen LogP contribution in [-0.4, -0.2) is 46.3 Å². The lowest BCUT2D eigenvalue weighted by Crippen LogP contribution is -2.38. The molecular weight excluding hydrogens is 256 g/mol. The quantitative estimate of drug-likeness (QED) is 0.544. The van der Waals surface area contributed by atoms with Gasteiger partial charge < -0.3 is 24.0 Å². The van der Waals surface area contributed by atoms with E-state index in [9.17, 15) is 9.46 Å². The summed E-state index contributed by atoms with van der Waals surface area (Å²) >= 11 is 0. The van der Waals surface area contributed by atoms with Crippen LogP contribution in [0.25, 0.3) is 0 Å². The lowest BCUT2D eigenvalue weighted by Gasteiger charge is -2.27. The first-order valence-electron chi connectivity index (χ1n) is 5.94. The van der Waals surface area contributed by atoms with Crippen LogP contribution >= 0.6 is 7.82 Å². The van der Waals surface area contributed by atoms with Gasteiger partial charge in [-0.2, -0.15) is 0 Å². The zero-order valence-electron chi connectivity index (χ0n) is 11.2. The Labute approximate surface area is 109 Å². The summed E-state index contributed by atoms with van der Waals surface area (Å²) in [6.07, 6.45) is -0.198. The number of hydrogen-bond acceptors (Lipinski definition) is 6. The number of ether oxygens (including phenoxy) is 1. The first-order chi connectivity index (χ1) is 8.30. The molecule has 0 aromatic heterocycles. The Kier molecular flexibility index (Phi) is 5.83. The fourth-order valence-corrected chi connectivity index (χ4v) is 2.88. The third-order valence-electron chi connectivity index (χ3n) is 3.27. The van der Waals surface area contributed by atoms with Crippen molar-refractivity contribution in [1.29, 1.82) is 0 Å². The molecule has 1 aliphatic heterocycles. The van der Waals surface area contributed by atoms with Crippen molar-refractivity contribution in [3.8, 4) is 0 Å². The van der Waals surface area contributed by atoms with Crippen molar-refractivity contribution in [1.82, 2.24) is 5.32 Å². The lowest BCUT2D eigenvalue weighted by atomic mass is 9.85. The van der Waals surface area contributed by atoms with Gasteiger partial charge in [0.15, 0.2) is 0 Å². The number of likely N-dealkylation sites (N-methyl/N-ethyl adjacent to an activating group) is 1. The molecule has 8 heteroatoms. The van der Waals surface area contributed by atoms with E-state index in [0.29, 0.717) is 6.42 Å². The Hall–Kier alpha value is 0.0949. The topological polar surface area (TPSA) is 79.9 Å². The van der Waals surface area contributed by atoms with E-state index in [2.05, 4.69) is 9.84 Å². The standard InChI is InChI=1S/C10H21BNO5P/c1-6(17-18(13,14)15-4)5-8-7(2)9(12-3)10(11)16-8/h6-10,12H,5H2,1-4H3,(H,13,14)/p-1. The number of phosphoric ester groups is 1. The van der Waals surface area contributed by atoms with Crippen LogP contribution in [0.3, 0.4) is 0 Å². The minimum atomic E-state index is -4.20. The third-order valence-corrected chi connectivity index (χ3v) is 4.33. The van der Waals surface area contributed by atoms with Crippen LogP contribution in [0.1, 0.15) is 20.3 Å². The number of phosphoric acid groups is 1. The van der Waals surface area contributed by atoms with Crippen LogP contribution in [0.15, 0.2) is 0 Å². The molecule has 6 unspecified atom stereocenters. The van der Waals surface area contributed by atoms with Crippen LogP contribution in [-0.2, 0) is 18.3 Å². The highest BCUT2D eigenvalue weighted by molar-refractivity contribution is 7.45. The monoisotopic (exact) mass is 276 g/mol. The Morgan fingerprint density at radius 2 is 2.22 bits per heavy atom. The zero-order chi connectivity index (χ0) is 13.9. The van der Waals surface area contributed by atoms with E-state index in [0.717, 1.165) is 7.11 Å². The lowest BCUT2D eigenvalue weighted by molar-refractivity contribution is -0.227. The molecule has 1 aliphatic rings. The largest absolute Gasteiger partial charge is 0.756 e. The summed E-state index contributed by atoms with van der Waals surface area (Å²) in [5.41, 5.74) is 0. The predicted octanol–water partition coefficient (Wildman–Crippen LogP) is 0.0139. The van der Waals surface area contributed by atoms with Crippen molar-refractivity contribution in [3.63, 3.8) is 0 Å². The molecule has 0 spiro atoms.